The molecule has 1 aromatic carbocycles. The van der Waals surface area contributed by atoms with Crippen LogP contribution in [-0.4, -0.2) is 35.5 Å². The first-order valence-corrected chi connectivity index (χ1v) is 8.98. The predicted octanol–water partition coefficient (Wildman–Crippen LogP) is 2.20. The Bertz CT molecular complexity index is 594. The van der Waals surface area contributed by atoms with Gasteiger partial charge in [0, 0.05) is 44.0 Å². The predicted molar refractivity (Wildman–Crippen MR) is 94.6 cm³/mol. The third kappa shape index (κ3) is 3.42. The van der Waals surface area contributed by atoms with Crippen LogP contribution in [0, 0.1) is 5.92 Å². The monoisotopic (exact) mass is 331 g/mol. The van der Waals surface area contributed by atoms with Gasteiger partial charge in [0.1, 0.15) is 11.4 Å². The number of likely N-dealkylation sites (tertiary alicyclic amines) is 1. The number of hydrogen-bond acceptors (Lipinski definition) is 4. The zero-order chi connectivity index (χ0) is 17.3. The first-order valence-electron chi connectivity index (χ1n) is 8.98. The highest BCUT2D eigenvalue weighted by Gasteiger charge is 2.43. The van der Waals surface area contributed by atoms with Crippen LogP contribution in [0.4, 0.5) is 0 Å². The van der Waals surface area contributed by atoms with Crippen molar-refractivity contribution in [3.05, 3.63) is 29.8 Å². The van der Waals surface area contributed by atoms with E-state index in [0.29, 0.717) is 19.0 Å². The quantitative estimate of drug-likeness (QED) is 0.890. The van der Waals surface area contributed by atoms with Gasteiger partial charge < -0.3 is 21.1 Å². The molecule has 1 spiro atoms. The summed E-state index contributed by atoms with van der Waals surface area (Å²) in [5, 5.41) is 0. The van der Waals surface area contributed by atoms with E-state index in [4.69, 9.17) is 16.2 Å². The fourth-order valence-corrected chi connectivity index (χ4v) is 3.95. The van der Waals surface area contributed by atoms with Gasteiger partial charge in [0.15, 0.2) is 0 Å². The number of amides is 1. The lowest BCUT2D eigenvalue weighted by molar-refractivity contribution is -0.137. The molecule has 2 heterocycles. The van der Waals surface area contributed by atoms with E-state index in [1.54, 1.807) is 0 Å². The molecule has 1 amide bonds. The summed E-state index contributed by atoms with van der Waals surface area (Å²) >= 11 is 0. The number of hydrogen-bond donors (Lipinski definition) is 2. The summed E-state index contributed by atoms with van der Waals surface area (Å²) < 4.78 is 6.33. The van der Waals surface area contributed by atoms with Gasteiger partial charge in [-0.15, -0.1) is 0 Å². The van der Waals surface area contributed by atoms with E-state index in [-0.39, 0.29) is 17.6 Å². The number of nitrogens with two attached hydrogens (primary N) is 2. The molecule has 5 nitrogen and oxygen atoms in total. The van der Waals surface area contributed by atoms with E-state index in [2.05, 4.69) is 13.8 Å². The molecule has 24 heavy (non-hydrogen) atoms. The van der Waals surface area contributed by atoms with Gasteiger partial charge >= 0.3 is 0 Å². The van der Waals surface area contributed by atoms with Crippen LogP contribution < -0.4 is 16.2 Å². The van der Waals surface area contributed by atoms with Crippen molar-refractivity contribution in [2.75, 3.05) is 13.1 Å². The molecule has 1 saturated heterocycles. The first kappa shape index (κ1) is 17.2. The summed E-state index contributed by atoms with van der Waals surface area (Å²) in [6.07, 6.45) is 3.17. The van der Waals surface area contributed by atoms with Crippen molar-refractivity contribution in [3.63, 3.8) is 0 Å². The molecule has 4 N–H and O–H groups in total. The van der Waals surface area contributed by atoms with Gasteiger partial charge in [-0.05, 0) is 18.4 Å². The Labute approximate surface area is 144 Å². The molecule has 132 valence electrons. The highest BCUT2D eigenvalue weighted by molar-refractivity contribution is 5.81. The molecule has 0 saturated carbocycles. The lowest BCUT2D eigenvalue weighted by Crippen LogP contribution is -2.55. The summed E-state index contributed by atoms with van der Waals surface area (Å²) in [5.41, 5.74) is 13.3. The SMILES string of the molecule is CC(C)C[C@H](N)C(=O)N1CCC2(CC1)CC(N)c1ccccc1O2. The van der Waals surface area contributed by atoms with Crippen LogP contribution in [-0.2, 0) is 4.79 Å². The van der Waals surface area contributed by atoms with Gasteiger partial charge in [-0.25, -0.2) is 0 Å². The lowest BCUT2D eigenvalue weighted by atomic mass is 9.80. The number of carbonyl (C=O) groups is 1. The molecule has 3 rings (SSSR count). The van der Waals surface area contributed by atoms with E-state index in [1.807, 2.05) is 29.2 Å². The number of benzene rings is 1. The minimum Gasteiger partial charge on any atom is -0.487 e. The molecule has 0 bridgehead atoms. The number of nitrogens with zero attached hydrogens (tertiary/aromatic N) is 1. The number of piperidine rings is 1. The Kier molecular flexibility index (Phi) is 4.83. The third-order valence-electron chi connectivity index (χ3n) is 5.27. The van der Waals surface area contributed by atoms with Crippen LogP contribution in [0.25, 0.3) is 0 Å². The van der Waals surface area contributed by atoms with Crippen molar-refractivity contribution in [1.82, 2.24) is 4.90 Å². The molecule has 1 aromatic rings. The summed E-state index contributed by atoms with van der Waals surface area (Å²) in [4.78, 5) is 14.4. The summed E-state index contributed by atoms with van der Waals surface area (Å²) in [7, 11) is 0. The smallest absolute Gasteiger partial charge is 0.239 e. The zero-order valence-corrected chi connectivity index (χ0v) is 14.7. The van der Waals surface area contributed by atoms with Crippen LogP contribution in [0.3, 0.4) is 0 Å². The molecule has 0 aromatic heterocycles. The third-order valence-corrected chi connectivity index (χ3v) is 5.27. The molecular formula is C19H29N3O2. The average molecular weight is 331 g/mol. The fourth-order valence-electron chi connectivity index (χ4n) is 3.95. The minimum absolute atomic E-state index is 0.000370. The Morgan fingerprint density at radius 3 is 2.67 bits per heavy atom. The van der Waals surface area contributed by atoms with Crippen molar-refractivity contribution in [1.29, 1.82) is 0 Å². The Balaban J connectivity index is 1.64. The fraction of sp³-hybridized carbons (Fsp3) is 0.632. The molecule has 2 atom stereocenters. The number of carbonyl (C=O) groups excluding carboxylic acids is 1. The number of fused-ring (bicyclic) bond motifs is 1. The highest BCUT2D eigenvalue weighted by Crippen LogP contribution is 2.43. The van der Waals surface area contributed by atoms with Crippen LogP contribution in [0.5, 0.6) is 5.75 Å². The number of ether oxygens (including phenoxy) is 1. The molecule has 5 heteroatoms. The molecule has 1 fully saturated rings. The normalized spacial score (nSPS) is 23.7. The van der Waals surface area contributed by atoms with E-state index >= 15 is 0 Å². The maximum atomic E-state index is 12.5. The van der Waals surface area contributed by atoms with Crippen LogP contribution in [0.2, 0.25) is 0 Å². The molecule has 1 unspecified atom stereocenters. The van der Waals surface area contributed by atoms with Gasteiger partial charge in [0.2, 0.25) is 5.91 Å². The maximum Gasteiger partial charge on any atom is 0.239 e. The van der Waals surface area contributed by atoms with Crippen molar-refractivity contribution in [3.8, 4) is 5.75 Å². The second-order valence-electron chi connectivity index (χ2n) is 7.69. The van der Waals surface area contributed by atoms with E-state index in [1.165, 1.54) is 0 Å². The molecule has 2 aliphatic heterocycles. The number of para-hydroxylation sites is 1. The summed E-state index contributed by atoms with van der Waals surface area (Å²) in [6.45, 7) is 5.57. The Morgan fingerprint density at radius 1 is 1.33 bits per heavy atom. The lowest BCUT2D eigenvalue weighted by Gasteiger charge is -2.46. The van der Waals surface area contributed by atoms with Crippen molar-refractivity contribution < 1.29 is 9.53 Å². The largest absolute Gasteiger partial charge is 0.487 e. The molecule has 0 radical (unpaired) electrons. The molecule has 2 aliphatic rings. The van der Waals surface area contributed by atoms with Crippen molar-refractivity contribution in [2.45, 2.75) is 57.2 Å². The standard InChI is InChI=1S/C19H29N3O2/c1-13(2)11-15(20)18(23)22-9-7-19(8-10-22)12-16(21)14-5-3-4-6-17(14)24-19/h3-6,13,15-16H,7-12,20-21H2,1-2H3/t15-,16?/m0/s1. The minimum atomic E-state index is -0.394. The Morgan fingerprint density at radius 2 is 2.00 bits per heavy atom. The van der Waals surface area contributed by atoms with Gasteiger partial charge in [-0.1, -0.05) is 32.0 Å². The highest BCUT2D eigenvalue weighted by atomic mass is 16.5. The second kappa shape index (κ2) is 6.73. The van der Waals surface area contributed by atoms with Gasteiger partial charge in [-0.3, -0.25) is 4.79 Å². The van der Waals surface area contributed by atoms with E-state index in [0.717, 1.165) is 37.0 Å². The van der Waals surface area contributed by atoms with Gasteiger partial charge in [-0.2, -0.15) is 0 Å². The summed E-state index contributed by atoms with van der Waals surface area (Å²) in [5.74, 6) is 1.39. The Hall–Kier alpha value is -1.59. The van der Waals surface area contributed by atoms with Crippen LogP contribution in [0.15, 0.2) is 24.3 Å². The topological polar surface area (TPSA) is 81.6 Å². The second-order valence-corrected chi connectivity index (χ2v) is 7.69. The van der Waals surface area contributed by atoms with E-state index < -0.39 is 6.04 Å². The van der Waals surface area contributed by atoms with Crippen LogP contribution in [0.1, 0.15) is 51.1 Å². The van der Waals surface area contributed by atoms with Gasteiger partial charge in [0.05, 0.1) is 6.04 Å². The average Bonchev–Trinajstić information content (AvgIpc) is 2.54. The maximum absolute atomic E-state index is 12.5. The summed E-state index contributed by atoms with van der Waals surface area (Å²) in [6, 6.07) is 7.61. The van der Waals surface area contributed by atoms with Gasteiger partial charge in [0.25, 0.3) is 0 Å². The number of rotatable bonds is 3. The van der Waals surface area contributed by atoms with Crippen molar-refractivity contribution in [2.24, 2.45) is 17.4 Å². The molecule has 0 aliphatic carbocycles. The zero-order valence-electron chi connectivity index (χ0n) is 14.7. The molecular weight excluding hydrogens is 302 g/mol. The van der Waals surface area contributed by atoms with Crippen LogP contribution >= 0.6 is 0 Å². The van der Waals surface area contributed by atoms with E-state index in [9.17, 15) is 4.79 Å². The first-order chi connectivity index (χ1) is 11.4. The van der Waals surface area contributed by atoms with Crippen molar-refractivity contribution >= 4 is 5.91 Å².